The van der Waals surface area contributed by atoms with E-state index in [0.717, 1.165) is 53.9 Å². The van der Waals surface area contributed by atoms with Crippen molar-refractivity contribution in [2.24, 2.45) is 0 Å². The van der Waals surface area contributed by atoms with E-state index in [9.17, 15) is 13.2 Å². The number of fused-ring (bicyclic) bond motifs is 1. The normalized spacial score (nSPS) is 11.6. The lowest BCUT2D eigenvalue weighted by Crippen LogP contribution is -2.17. The number of ether oxygens (including phenoxy) is 1. The minimum Gasteiger partial charge on any atom is -0.406 e. The molecule has 0 bridgehead atoms. The van der Waals surface area contributed by atoms with Crippen LogP contribution < -0.4 is 15.4 Å². The maximum absolute atomic E-state index is 12.3. The number of alkyl halides is 3. The van der Waals surface area contributed by atoms with Crippen molar-refractivity contribution in [3.8, 4) is 16.9 Å². The third-order valence-corrected chi connectivity index (χ3v) is 5.73. The first-order valence-corrected chi connectivity index (χ1v) is 11.0. The molecule has 0 fully saturated rings. The topological polar surface area (TPSA) is 46.2 Å². The molecule has 0 spiro atoms. The van der Waals surface area contributed by atoms with E-state index in [1.807, 2.05) is 36.4 Å². The van der Waals surface area contributed by atoms with E-state index >= 15 is 0 Å². The summed E-state index contributed by atoms with van der Waals surface area (Å²) in [5.41, 5.74) is 2.91. The van der Waals surface area contributed by atoms with Gasteiger partial charge < -0.3 is 15.4 Å². The van der Waals surface area contributed by atoms with Crippen molar-refractivity contribution in [3.05, 3.63) is 78.4 Å². The maximum Gasteiger partial charge on any atom is 0.573 e. The fourth-order valence-electron chi connectivity index (χ4n) is 3.33. The molecule has 0 saturated carbocycles. The molecule has 8 heteroatoms. The van der Waals surface area contributed by atoms with Crippen molar-refractivity contribution in [1.82, 2.24) is 9.69 Å². The van der Waals surface area contributed by atoms with Gasteiger partial charge in [0.2, 0.25) is 0 Å². The lowest BCUT2D eigenvalue weighted by Gasteiger charge is -2.10. The third-order valence-electron chi connectivity index (χ3n) is 4.90. The molecule has 0 aliphatic carbocycles. The predicted octanol–water partition coefficient (Wildman–Crippen LogP) is 6.45. The Kier molecular flexibility index (Phi) is 6.92. The van der Waals surface area contributed by atoms with Gasteiger partial charge in [0.25, 0.3) is 0 Å². The Morgan fingerprint density at radius 2 is 1.53 bits per heavy atom. The van der Waals surface area contributed by atoms with Gasteiger partial charge in [-0.05, 0) is 65.5 Å². The monoisotopic (exact) mass is 457 g/mol. The molecule has 0 saturated heterocycles. The Labute approximate surface area is 188 Å². The number of hydrogen-bond acceptors (Lipinski definition) is 5. The van der Waals surface area contributed by atoms with Crippen LogP contribution >= 0.6 is 11.5 Å². The second-order valence-corrected chi connectivity index (χ2v) is 8.06. The Balaban J connectivity index is 1.19. The second-order valence-electron chi connectivity index (χ2n) is 7.25. The summed E-state index contributed by atoms with van der Waals surface area (Å²) < 4.78 is 46.4. The van der Waals surface area contributed by atoms with E-state index < -0.39 is 6.36 Å². The van der Waals surface area contributed by atoms with Crippen LogP contribution in [0.4, 0.5) is 19.0 Å². The summed E-state index contributed by atoms with van der Waals surface area (Å²) in [7, 11) is 0. The van der Waals surface area contributed by atoms with Crippen LogP contribution in [0.1, 0.15) is 12.0 Å². The minimum atomic E-state index is -4.68. The summed E-state index contributed by atoms with van der Waals surface area (Å²) in [4.78, 5) is 0. The molecule has 166 valence electrons. The Bertz CT molecular complexity index is 1140. The number of nitrogens with one attached hydrogen (secondary N) is 2. The number of aromatic nitrogens is 1. The largest absolute Gasteiger partial charge is 0.573 e. The summed E-state index contributed by atoms with van der Waals surface area (Å²) in [6, 6.07) is 22.0. The summed E-state index contributed by atoms with van der Waals surface area (Å²) in [5, 5.41) is 7.98. The number of nitrogens with zero attached hydrogens (tertiary/aromatic N) is 1. The molecule has 0 aliphatic rings. The first-order chi connectivity index (χ1) is 15.5. The molecule has 0 aliphatic heterocycles. The van der Waals surface area contributed by atoms with Gasteiger partial charge in [-0.25, -0.2) is 0 Å². The molecule has 4 nitrogen and oxygen atoms in total. The lowest BCUT2D eigenvalue weighted by molar-refractivity contribution is -0.274. The zero-order valence-corrected chi connectivity index (χ0v) is 18.0. The number of anilines is 1. The van der Waals surface area contributed by atoms with Gasteiger partial charge in [-0.1, -0.05) is 48.5 Å². The van der Waals surface area contributed by atoms with Crippen molar-refractivity contribution in [2.75, 3.05) is 18.4 Å². The zero-order valence-electron chi connectivity index (χ0n) is 17.2. The molecule has 3 aromatic carbocycles. The van der Waals surface area contributed by atoms with Crippen molar-refractivity contribution < 1.29 is 17.9 Å². The van der Waals surface area contributed by atoms with E-state index in [0.29, 0.717) is 0 Å². The van der Waals surface area contributed by atoms with Gasteiger partial charge in [-0.15, -0.1) is 13.2 Å². The van der Waals surface area contributed by atoms with Crippen molar-refractivity contribution in [1.29, 1.82) is 0 Å². The smallest absolute Gasteiger partial charge is 0.406 e. The van der Waals surface area contributed by atoms with Crippen LogP contribution in [0.5, 0.6) is 5.75 Å². The molecule has 2 N–H and O–H groups in total. The lowest BCUT2D eigenvalue weighted by atomic mass is 10.0. The summed E-state index contributed by atoms with van der Waals surface area (Å²) >= 11 is 1.50. The van der Waals surface area contributed by atoms with Gasteiger partial charge >= 0.3 is 6.36 Å². The van der Waals surface area contributed by atoms with Gasteiger partial charge in [0.1, 0.15) is 11.6 Å². The molecular weight excluding hydrogens is 435 g/mol. The van der Waals surface area contributed by atoms with E-state index in [2.05, 4.69) is 31.9 Å². The molecule has 4 aromatic rings. The highest BCUT2D eigenvalue weighted by molar-refractivity contribution is 7.13. The zero-order chi connectivity index (χ0) is 22.4. The van der Waals surface area contributed by atoms with Gasteiger partial charge in [-0.2, -0.15) is 4.37 Å². The summed E-state index contributed by atoms with van der Waals surface area (Å²) in [6.45, 7) is 2.46. The first kappa shape index (κ1) is 22.1. The summed E-state index contributed by atoms with van der Waals surface area (Å²) in [6.07, 6.45) is -3.71. The average Bonchev–Trinajstić information content (AvgIpc) is 3.19. The van der Waals surface area contributed by atoms with Crippen LogP contribution in [0.3, 0.4) is 0 Å². The van der Waals surface area contributed by atoms with Gasteiger partial charge in [0, 0.05) is 18.5 Å². The first-order valence-electron chi connectivity index (χ1n) is 10.2. The molecule has 32 heavy (non-hydrogen) atoms. The molecule has 1 heterocycles. The number of halogens is 3. The van der Waals surface area contributed by atoms with Crippen LogP contribution in [0.2, 0.25) is 0 Å². The summed E-state index contributed by atoms with van der Waals surface area (Å²) in [5.74, 6) is 0.721. The van der Waals surface area contributed by atoms with Crippen LogP contribution in [0.25, 0.3) is 21.2 Å². The molecule has 0 atom stereocenters. The highest BCUT2D eigenvalue weighted by Crippen LogP contribution is 2.27. The van der Waals surface area contributed by atoms with Gasteiger partial charge in [0.15, 0.2) is 0 Å². The van der Waals surface area contributed by atoms with Crippen molar-refractivity contribution in [3.63, 3.8) is 0 Å². The second kappa shape index (κ2) is 10.0. The Morgan fingerprint density at radius 1 is 0.844 bits per heavy atom. The fraction of sp³-hybridized carbons (Fsp3) is 0.208. The van der Waals surface area contributed by atoms with E-state index in [-0.39, 0.29) is 5.75 Å². The quantitative estimate of drug-likeness (QED) is 0.284. The minimum absolute atomic E-state index is 0.223. The average molecular weight is 458 g/mol. The molecule has 0 radical (unpaired) electrons. The number of benzene rings is 3. The highest BCUT2D eigenvalue weighted by atomic mass is 32.1. The van der Waals surface area contributed by atoms with Crippen LogP contribution in [0, 0.1) is 0 Å². The highest BCUT2D eigenvalue weighted by Gasteiger charge is 2.30. The van der Waals surface area contributed by atoms with E-state index in [4.69, 9.17) is 0 Å². The molecule has 4 rings (SSSR count). The standard InChI is InChI=1S/C24H22F3N3OS/c25-24(26,27)31-20-12-10-19(11-13-20)18-8-6-17(7-9-18)16-28-14-3-15-29-23-21-4-1-2-5-22(21)32-30-23/h1-2,4-13,28H,3,14-16H2,(H,29,30). The number of hydrogen-bond donors (Lipinski definition) is 2. The van der Waals surface area contributed by atoms with Gasteiger partial charge in [0.05, 0.1) is 4.70 Å². The van der Waals surface area contributed by atoms with Crippen molar-refractivity contribution >= 4 is 27.4 Å². The predicted molar refractivity (Wildman–Crippen MR) is 123 cm³/mol. The SMILES string of the molecule is FC(F)(F)Oc1ccc(-c2ccc(CNCCCNc3nsc4ccccc34)cc2)cc1. The number of rotatable bonds is 9. The van der Waals surface area contributed by atoms with Crippen LogP contribution in [0.15, 0.2) is 72.8 Å². The van der Waals surface area contributed by atoms with Crippen LogP contribution in [-0.4, -0.2) is 23.8 Å². The van der Waals surface area contributed by atoms with Crippen molar-refractivity contribution in [2.45, 2.75) is 19.3 Å². The molecule has 0 unspecified atom stereocenters. The van der Waals surface area contributed by atoms with Gasteiger partial charge in [-0.3, -0.25) is 0 Å². The Morgan fingerprint density at radius 3 is 2.25 bits per heavy atom. The maximum atomic E-state index is 12.3. The van der Waals surface area contributed by atoms with E-state index in [1.165, 1.54) is 28.4 Å². The third kappa shape index (κ3) is 5.99. The fourth-order valence-corrected chi connectivity index (χ4v) is 4.09. The Hall–Kier alpha value is -3.10. The van der Waals surface area contributed by atoms with Crippen LogP contribution in [-0.2, 0) is 6.54 Å². The molecule has 1 aromatic heterocycles. The molecule has 0 amide bonds. The molecular formula is C24H22F3N3OS. The van der Waals surface area contributed by atoms with E-state index in [1.54, 1.807) is 12.1 Å².